The van der Waals surface area contributed by atoms with Crippen LogP contribution in [0.3, 0.4) is 0 Å². The van der Waals surface area contributed by atoms with Crippen LogP contribution in [0.4, 0.5) is 4.79 Å². The number of urea groups is 1. The number of nitrogens with one attached hydrogen (secondary N) is 1. The molecular formula is C14H25N3O3. The number of hydrogen-bond donors (Lipinski definition) is 2. The van der Waals surface area contributed by atoms with Crippen LogP contribution in [-0.2, 0) is 4.79 Å². The Balaban J connectivity index is 1.83. The molecule has 0 bridgehead atoms. The number of piperazine rings is 1. The Morgan fingerprint density at radius 2 is 2.00 bits per heavy atom. The monoisotopic (exact) mass is 283 g/mol. The molecule has 1 saturated carbocycles. The first-order chi connectivity index (χ1) is 9.47. The Morgan fingerprint density at radius 1 is 1.25 bits per heavy atom. The van der Waals surface area contributed by atoms with Gasteiger partial charge >= 0.3 is 12.0 Å². The van der Waals surface area contributed by atoms with Gasteiger partial charge in [0.15, 0.2) is 0 Å². The molecule has 0 spiro atoms. The minimum absolute atomic E-state index is 0.00677. The highest BCUT2D eigenvalue weighted by Gasteiger charge is 2.30. The van der Waals surface area contributed by atoms with E-state index in [-0.39, 0.29) is 18.0 Å². The molecule has 3 unspecified atom stereocenters. The van der Waals surface area contributed by atoms with Crippen molar-refractivity contribution in [3.8, 4) is 0 Å². The van der Waals surface area contributed by atoms with Crippen LogP contribution >= 0.6 is 0 Å². The molecule has 3 atom stereocenters. The number of amides is 2. The van der Waals surface area contributed by atoms with Crippen LogP contribution in [-0.4, -0.2) is 65.7 Å². The number of rotatable bonds is 2. The Hall–Kier alpha value is -1.30. The predicted octanol–water partition coefficient (Wildman–Crippen LogP) is 0.975. The van der Waals surface area contributed by atoms with Crippen molar-refractivity contribution in [2.75, 3.05) is 26.7 Å². The lowest BCUT2D eigenvalue weighted by molar-refractivity contribution is -0.143. The summed E-state index contributed by atoms with van der Waals surface area (Å²) in [7, 11) is 2.07. The first-order valence-electron chi connectivity index (χ1n) is 7.46. The fourth-order valence-corrected chi connectivity index (χ4v) is 3.04. The average molecular weight is 283 g/mol. The smallest absolute Gasteiger partial charge is 0.317 e. The van der Waals surface area contributed by atoms with Gasteiger partial charge < -0.3 is 20.2 Å². The van der Waals surface area contributed by atoms with E-state index >= 15 is 0 Å². The number of hydrogen-bond acceptors (Lipinski definition) is 3. The van der Waals surface area contributed by atoms with Gasteiger partial charge in [-0.2, -0.15) is 0 Å². The van der Waals surface area contributed by atoms with Gasteiger partial charge in [0.2, 0.25) is 0 Å². The predicted molar refractivity (Wildman–Crippen MR) is 75.6 cm³/mol. The quantitative estimate of drug-likeness (QED) is 0.792. The molecule has 0 aromatic heterocycles. The highest BCUT2D eigenvalue weighted by molar-refractivity contribution is 5.75. The van der Waals surface area contributed by atoms with Crippen molar-refractivity contribution in [1.82, 2.24) is 15.1 Å². The van der Waals surface area contributed by atoms with Crippen molar-refractivity contribution in [2.45, 2.75) is 44.7 Å². The highest BCUT2D eigenvalue weighted by atomic mass is 16.4. The van der Waals surface area contributed by atoms with E-state index in [1.165, 1.54) is 0 Å². The summed E-state index contributed by atoms with van der Waals surface area (Å²) < 4.78 is 0. The number of carboxylic acid groups (broad SMARTS) is 1. The molecule has 0 radical (unpaired) electrons. The zero-order valence-electron chi connectivity index (χ0n) is 12.3. The van der Waals surface area contributed by atoms with Gasteiger partial charge in [0.05, 0.1) is 5.92 Å². The van der Waals surface area contributed by atoms with Crippen molar-refractivity contribution in [3.63, 3.8) is 0 Å². The first-order valence-corrected chi connectivity index (χ1v) is 7.46. The largest absolute Gasteiger partial charge is 0.481 e. The van der Waals surface area contributed by atoms with E-state index in [9.17, 15) is 9.59 Å². The summed E-state index contributed by atoms with van der Waals surface area (Å²) in [6, 6.07) is 0.334. The van der Waals surface area contributed by atoms with Crippen LogP contribution in [0.25, 0.3) is 0 Å². The van der Waals surface area contributed by atoms with E-state index in [1.807, 2.05) is 4.90 Å². The lowest BCUT2D eigenvalue weighted by Gasteiger charge is -2.38. The van der Waals surface area contributed by atoms with Crippen LogP contribution in [0.2, 0.25) is 0 Å². The Bertz CT molecular complexity index is 375. The van der Waals surface area contributed by atoms with Crippen LogP contribution in [0.1, 0.15) is 32.6 Å². The molecule has 2 rings (SSSR count). The first kappa shape index (κ1) is 15.1. The molecule has 2 amide bonds. The number of nitrogens with zero attached hydrogens (tertiary/aromatic N) is 2. The molecule has 1 heterocycles. The van der Waals surface area contributed by atoms with Crippen molar-refractivity contribution in [1.29, 1.82) is 0 Å². The molecule has 2 aliphatic rings. The molecule has 6 nitrogen and oxygen atoms in total. The van der Waals surface area contributed by atoms with Crippen LogP contribution in [0, 0.1) is 5.92 Å². The molecule has 2 fully saturated rings. The highest BCUT2D eigenvalue weighted by Crippen LogP contribution is 2.24. The maximum Gasteiger partial charge on any atom is 0.317 e. The molecular weight excluding hydrogens is 258 g/mol. The lowest BCUT2D eigenvalue weighted by Crippen LogP contribution is -2.56. The zero-order valence-corrected chi connectivity index (χ0v) is 12.3. The lowest BCUT2D eigenvalue weighted by atomic mass is 9.86. The third-order valence-electron chi connectivity index (χ3n) is 4.60. The SMILES string of the molecule is CC1CN(C(=O)NC2CCCC(C(=O)O)C2)CCN1C. The van der Waals surface area contributed by atoms with Crippen molar-refractivity contribution >= 4 is 12.0 Å². The number of carboxylic acids is 1. The van der Waals surface area contributed by atoms with Crippen molar-refractivity contribution in [3.05, 3.63) is 0 Å². The number of likely N-dealkylation sites (N-methyl/N-ethyl adjacent to an activating group) is 1. The molecule has 1 aliphatic heterocycles. The molecule has 2 N–H and O–H groups in total. The molecule has 1 saturated heterocycles. The Kier molecular flexibility index (Phi) is 4.86. The average Bonchev–Trinajstić information content (AvgIpc) is 2.42. The molecule has 0 aromatic rings. The summed E-state index contributed by atoms with van der Waals surface area (Å²) >= 11 is 0. The summed E-state index contributed by atoms with van der Waals surface area (Å²) in [6.07, 6.45) is 3.05. The van der Waals surface area contributed by atoms with Gasteiger partial charge in [0.1, 0.15) is 0 Å². The minimum atomic E-state index is -0.739. The summed E-state index contributed by atoms with van der Waals surface area (Å²) in [5, 5.41) is 12.1. The molecule has 6 heteroatoms. The normalized spacial score (nSPS) is 31.9. The third-order valence-corrected chi connectivity index (χ3v) is 4.60. The van der Waals surface area contributed by atoms with Crippen LogP contribution in [0.15, 0.2) is 0 Å². The molecule has 1 aliphatic carbocycles. The van der Waals surface area contributed by atoms with Gasteiger partial charge in [-0.15, -0.1) is 0 Å². The number of carbonyl (C=O) groups excluding carboxylic acids is 1. The summed E-state index contributed by atoms with van der Waals surface area (Å²) in [6.45, 7) is 4.47. The van der Waals surface area contributed by atoms with Crippen molar-refractivity contribution < 1.29 is 14.7 Å². The van der Waals surface area contributed by atoms with E-state index in [1.54, 1.807) is 0 Å². The second-order valence-electron chi connectivity index (χ2n) is 6.12. The fraction of sp³-hybridized carbons (Fsp3) is 0.857. The molecule has 114 valence electrons. The van der Waals surface area contributed by atoms with Gasteiger partial charge in [0.25, 0.3) is 0 Å². The summed E-state index contributed by atoms with van der Waals surface area (Å²) in [5.74, 6) is -1.04. The van der Waals surface area contributed by atoms with E-state index in [0.29, 0.717) is 12.5 Å². The summed E-state index contributed by atoms with van der Waals surface area (Å²) in [5.41, 5.74) is 0. The molecule has 0 aromatic carbocycles. The summed E-state index contributed by atoms with van der Waals surface area (Å²) in [4.78, 5) is 27.4. The van der Waals surface area contributed by atoms with E-state index in [2.05, 4.69) is 24.2 Å². The topological polar surface area (TPSA) is 72.9 Å². The Labute approximate surface area is 120 Å². The third kappa shape index (κ3) is 3.62. The maximum atomic E-state index is 12.2. The van der Waals surface area contributed by atoms with Gasteiger partial charge in [-0.1, -0.05) is 6.42 Å². The minimum Gasteiger partial charge on any atom is -0.481 e. The van der Waals surface area contributed by atoms with Crippen LogP contribution < -0.4 is 5.32 Å². The Morgan fingerprint density at radius 3 is 2.65 bits per heavy atom. The van der Waals surface area contributed by atoms with Crippen LogP contribution in [0.5, 0.6) is 0 Å². The van der Waals surface area contributed by atoms with Gasteiger partial charge in [-0.3, -0.25) is 4.79 Å². The number of aliphatic carboxylic acids is 1. The standard InChI is InChI=1S/C14H25N3O3/c1-10-9-17(7-6-16(10)2)14(20)15-12-5-3-4-11(8-12)13(18)19/h10-12H,3-9H2,1-2H3,(H,15,20)(H,18,19). The van der Waals surface area contributed by atoms with Gasteiger partial charge in [0, 0.05) is 31.7 Å². The van der Waals surface area contributed by atoms with E-state index < -0.39 is 5.97 Å². The van der Waals surface area contributed by atoms with Gasteiger partial charge in [-0.25, -0.2) is 4.79 Å². The van der Waals surface area contributed by atoms with Gasteiger partial charge in [-0.05, 0) is 33.2 Å². The number of carbonyl (C=O) groups is 2. The van der Waals surface area contributed by atoms with E-state index in [4.69, 9.17) is 5.11 Å². The van der Waals surface area contributed by atoms with Crippen molar-refractivity contribution in [2.24, 2.45) is 5.92 Å². The van der Waals surface area contributed by atoms with E-state index in [0.717, 1.165) is 38.9 Å². The maximum absolute atomic E-state index is 12.2. The fourth-order valence-electron chi connectivity index (χ4n) is 3.04. The zero-order chi connectivity index (χ0) is 14.7. The second-order valence-corrected chi connectivity index (χ2v) is 6.12. The second kappa shape index (κ2) is 6.43. The molecule has 20 heavy (non-hydrogen) atoms.